The molecule has 0 amide bonds. The molecule has 0 atom stereocenters. The molecule has 1 aromatic rings. The summed E-state index contributed by atoms with van der Waals surface area (Å²) in [5.41, 5.74) is 1.51. The Morgan fingerprint density at radius 1 is 1.43 bits per heavy atom. The lowest BCUT2D eigenvalue weighted by atomic mass is 10.1. The third kappa shape index (κ3) is 3.08. The Balaban J connectivity index is 2.32. The molecule has 0 spiro atoms. The zero-order valence-corrected chi connectivity index (χ0v) is 9.13. The molecule has 1 N–H and O–H groups in total. The van der Waals surface area contributed by atoms with Crippen molar-refractivity contribution in [2.45, 2.75) is 32.9 Å². The molecule has 5 nitrogen and oxygen atoms in total. The fraction of sp³-hybridized carbons (Fsp3) is 0.778. The zero-order chi connectivity index (χ0) is 10.6. The predicted molar refractivity (Wildman–Crippen MR) is 51.8 cm³/mol. The van der Waals surface area contributed by atoms with Crippen LogP contribution in [0.3, 0.4) is 0 Å². The second-order valence-electron chi connectivity index (χ2n) is 3.86. The molecule has 1 rings (SSSR count). The lowest BCUT2D eigenvalue weighted by molar-refractivity contribution is 0.0229. The van der Waals surface area contributed by atoms with Gasteiger partial charge in [0.25, 0.3) is 0 Å². The van der Waals surface area contributed by atoms with E-state index >= 15 is 0 Å². The van der Waals surface area contributed by atoms with E-state index in [2.05, 4.69) is 20.3 Å². The van der Waals surface area contributed by atoms with Crippen LogP contribution in [-0.2, 0) is 11.3 Å². The van der Waals surface area contributed by atoms with E-state index in [4.69, 9.17) is 4.74 Å². The monoisotopic (exact) mass is 199 g/mol. The van der Waals surface area contributed by atoms with Crippen LogP contribution in [0.5, 0.6) is 0 Å². The van der Waals surface area contributed by atoms with Gasteiger partial charge in [0.05, 0.1) is 5.60 Å². The van der Waals surface area contributed by atoms with Crippen LogP contribution < -0.4 is 5.32 Å². The highest BCUT2D eigenvalue weighted by atomic mass is 16.6. The van der Waals surface area contributed by atoms with Gasteiger partial charge in [0.2, 0.25) is 0 Å². The summed E-state index contributed by atoms with van der Waals surface area (Å²) < 4.78 is 9.85. The third-order valence-corrected chi connectivity index (χ3v) is 2.14. The highest BCUT2D eigenvalue weighted by molar-refractivity contribution is 5.03. The van der Waals surface area contributed by atoms with Crippen LogP contribution in [0.2, 0.25) is 0 Å². The lowest BCUT2D eigenvalue weighted by Crippen LogP contribution is -2.36. The molecule has 14 heavy (non-hydrogen) atoms. The van der Waals surface area contributed by atoms with Crippen molar-refractivity contribution in [1.29, 1.82) is 0 Å². The molecule has 1 heterocycles. The maximum absolute atomic E-state index is 5.27. The summed E-state index contributed by atoms with van der Waals surface area (Å²) in [7, 11) is 1.70. The lowest BCUT2D eigenvalue weighted by Gasteiger charge is -2.22. The molecule has 0 saturated heterocycles. The van der Waals surface area contributed by atoms with Crippen molar-refractivity contribution in [3.05, 3.63) is 11.4 Å². The van der Waals surface area contributed by atoms with Crippen LogP contribution in [0, 0.1) is 6.92 Å². The average Bonchev–Trinajstić information content (AvgIpc) is 2.52. The molecular weight excluding hydrogens is 182 g/mol. The summed E-state index contributed by atoms with van der Waals surface area (Å²) in [5.74, 6) is 0. The quantitative estimate of drug-likeness (QED) is 0.763. The standard InChI is InChI=1S/C9H17N3O2/c1-7-8(12-14-11-7)5-10-6-9(2,3)13-4/h10H,5-6H2,1-4H3. The fourth-order valence-corrected chi connectivity index (χ4v) is 0.964. The van der Waals surface area contributed by atoms with Crippen molar-refractivity contribution >= 4 is 0 Å². The minimum Gasteiger partial charge on any atom is -0.377 e. The van der Waals surface area contributed by atoms with E-state index in [1.165, 1.54) is 0 Å². The molecule has 0 bridgehead atoms. The van der Waals surface area contributed by atoms with Gasteiger partial charge in [-0.15, -0.1) is 0 Å². The SMILES string of the molecule is COC(C)(C)CNCc1nonc1C. The number of nitrogens with zero attached hydrogens (tertiary/aromatic N) is 2. The molecule has 0 radical (unpaired) electrons. The van der Waals surface area contributed by atoms with E-state index in [0.29, 0.717) is 6.54 Å². The number of methoxy groups -OCH3 is 1. The summed E-state index contributed by atoms with van der Waals surface area (Å²) in [5, 5.41) is 10.7. The van der Waals surface area contributed by atoms with Gasteiger partial charge in [-0.2, -0.15) is 0 Å². The van der Waals surface area contributed by atoms with Gasteiger partial charge >= 0.3 is 0 Å². The molecule has 0 aliphatic rings. The first-order chi connectivity index (χ1) is 6.55. The molecule has 0 aliphatic carbocycles. The van der Waals surface area contributed by atoms with E-state index in [1.807, 2.05) is 20.8 Å². The fourth-order valence-electron chi connectivity index (χ4n) is 0.964. The van der Waals surface area contributed by atoms with Crippen molar-refractivity contribution in [3.63, 3.8) is 0 Å². The normalized spacial score (nSPS) is 12.0. The van der Waals surface area contributed by atoms with Gasteiger partial charge in [-0.25, -0.2) is 4.63 Å². The summed E-state index contributed by atoms with van der Waals surface area (Å²) in [6.45, 7) is 7.33. The number of hydrogen-bond donors (Lipinski definition) is 1. The maximum Gasteiger partial charge on any atom is 0.121 e. The Hall–Kier alpha value is -0.940. The Labute approximate surface area is 83.8 Å². The summed E-state index contributed by atoms with van der Waals surface area (Å²) in [4.78, 5) is 0. The zero-order valence-electron chi connectivity index (χ0n) is 9.13. The number of nitrogens with one attached hydrogen (secondary N) is 1. The van der Waals surface area contributed by atoms with Gasteiger partial charge in [0, 0.05) is 20.2 Å². The van der Waals surface area contributed by atoms with E-state index in [-0.39, 0.29) is 5.60 Å². The highest BCUT2D eigenvalue weighted by Crippen LogP contribution is 2.06. The number of aryl methyl sites for hydroxylation is 1. The van der Waals surface area contributed by atoms with Gasteiger partial charge in [-0.1, -0.05) is 10.3 Å². The number of aromatic nitrogens is 2. The molecule has 0 unspecified atom stereocenters. The first kappa shape index (κ1) is 11.1. The van der Waals surface area contributed by atoms with E-state index in [9.17, 15) is 0 Å². The summed E-state index contributed by atoms with van der Waals surface area (Å²) in [6, 6.07) is 0. The van der Waals surface area contributed by atoms with Crippen LogP contribution in [0.1, 0.15) is 25.2 Å². The van der Waals surface area contributed by atoms with Crippen LogP contribution in [0.4, 0.5) is 0 Å². The van der Waals surface area contributed by atoms with Crippen LogP contribution in [0.25, 0.3) is 0 Å². The highest BCUT2D eigenvalue weighted by Gasteiger charge is 2.15. The van der Waals surface area contributed by atoms with Gasteiger partial charge in [-0.3, -0.25) is 0 Å². The second-order valence-corrected chi connectivity index (χ2v) is 3.86. The Morgan fingerprint density at radius 2 is 2.14 bits per heavy atom. The molecule has 5 heteroatoms. The van der Waals surface area contributed by atoms with Crippen molar-refractivity contribution in [2.24, 2.45) is 0 Å². The van der Waals surface area contributed by atoms with E-state index < -0.39 is 0 Å². The smallest absolute Gasteiger partial charge is 0.121 e. The first-order valence-corrected chi connectivity index (χ1v) is 4.59. The minimum absolute atomic E-state index is 0.162. The molecule has 1 aromatic heterocycles. The van der Waals surface area contributed by atoms with Crippen molar-refractivity contribution in [1.82, 2.24) is 15.6 Å². The Morgan fingerprint density at radius 3 is 2.64 bits per heavy atom. The maximum atomic E-state index is 5.27. The third-order valence-electron chi connectivity index (χ3n) is 2.14. The molecular formula is C9H17N3O2. The number of rotatable bonds is 5. The molecule has 0 saturated carbocycles. The Bertz CT molecular complexity index is 283. The molecule has 80 valence electrons. The topological polar surface area (TPSA) is 60.2 Å². The van der Waals surface area contributed by atoms with Crippen LogP contribution in [0.15, 0.2) is 4.63 Å². The van der Waals surface area contributed by atoms with Gasteiger partial charge in [0.15, 0.2) is 0 Å². The van der Waals surface area contributed by atoms with Crippen LogP contribution >= 0.6 is 0 Å². The van der Waals surface area contributed by atoms with Crippen molar-refractivity contribution in [2.75, 3.05) is 13.7 Å². The summed E-state index contributed by atoms with van der Waals surface area (Å²) >= 11 is 0. The first-order valence-electron chi connectivity index (χ1n) is 4.59. The number of hydrogen-bond acceptors (Lipinski definition) is 5. The second kappa shape index (κ2) is 4.52. The van der Waals surface area contributed by atoms with Crippen LogP contribution in [-0.4, -0.2) is 29.6 Å². The average molecular weight is 199 g/mol. The largest absolute Gasteiger partial charge is 0.377 e. The van der Waals surface area contributed by atoms with Gasteiger partial charge in [-0.05, 0) is 20.8 Å². The Kier molecular flexibility index (Phi) is 3.60. The van der Waals surface area contributed by atoms with Gasteiger partial charge in [0.1, 0.15) is 11.4 Å². The predicted octanol–water partition coefficient (Wildman–Crippen LogP) is 0.893. The van der Waals surface area contributed by atoms with Crippen molar-refractivity contribution in [3.8, 4) is 0 Å². The van der Waals surface area contributed by atoms with Gasteiger partial charge < -0.3 is 10.1 Å². The van der Waals surface area contributed by atoms with E-state index in [0.717, 1.165) is 17.9 Å². The minimum atomic E-state index is -0.162. The molecule has 0 aliphatic heterocycles. The van der Waals surface area contributed by atoms with E-state index in [1.54, 1.807) is 7.11 Å². The molecule has 0 aromatic carbocycles. The number of ether oxygens (including phenoxy) is 1. The van der Waals surface area contributed by atoms with Crippen molar-refractivity contribution < 1.29 is 9.37 Å². The summed E-state index contributed by atoms with van der Waals surface area (Å²) in [6.07, 6.45) is 0. The molecule has 0 fully saturated rings.